The number of aliphatic hydroxyl groups is 1. The summed E-state index contributed by atoms with van der Waals surface area (Å²) in [4.78, 5) is 21.9. The molecule has 0 saturated heterocycles. The minimum Gasteiger partial charge on any atom is -0.480 e. The Kier molecular flexibility index (Phi) is 5.06. The van der Waals surface area contributed by atoms with E-state index in [0.29, 0.717) is 12.4 Å². The molecule has 1 rings (SSSR count). The molecule has 1 aromatic heterocycles. The Labute approximate surface area is 103 Å². The van der Waals surface area contributed by atoms with Crippen molar-refractivity contribution in [2.24, 2.45) is 0 Å². The van der Waals surface area contributed by atoms with Crippen LogP contribution in [0.2, 0.25) is 0 Å². The number of carboxylic acid groups (broad SMARTS) is 1. The van der Waals surface area contributed by atoms with Crippen molar-refractivity contribution in [3.8, 4) is 0 Å². The molecule has 1 heterocycles. The zero-order valence-corrected chi connectivity index (χ0v) is 9.83. The number of nitrogens with one attached hydrogen (secondary N) is 2. The van der Waals surface area contributed by atoms with Crippen molar-refractivity contribution in [2.45, 2.75) is 26.1 Å². The Bertz CT molecular complexity index is 419. The van der Waals surface area contributed by atoms with E-state index in [9.17, 15) is 9.59 Å². The van der Waals surface area contributed by atoms with Gasteiger partial charge in [-0.25, -0.2) is 9.59 Å². The van der Waals surface area contributed by atoms with E-state index in [1.54, 1.807) is 4.57 Å². The summed E-state index contributed by atoms with van der Waals surface area (Å²) in [7, 11) is 0. The average molecular weight is 257 g/mol. The SMILES string of the molecule is CCn1cnnc1CNC(=O)N[C@H](CO)C(=O)O. The Morgan fingerprint density at radius 1 is 1.56 bits per heavy atom. The molecule has 0 aromatic carbocycles. The second-order valence-corrected chi connectivity index (χ2v) is 3.43. The minimum absolute atomic E-state index is 0.122. The third-order valence-corrected chi connectivity index (χ3v) is 2.23. The zero-order valence-electron chi connectivity index (χ0n) is 9.83. The molecule has 18 heavy (non-hydrogen) atoms. The first-order valence-corrected chi connectivity index (χ1v) is 5.33. The van der Waals surface area contributed by atoms with Gasteiger partial charge in [-0.1, -0.05) is 0 Å². The molecular weight excluding hydrogens is 242 g/mol. The van der Waals surface area contributed by atoms with E-state index in [1.165, 1.54) is 6.33 Å². The second-order valence-electron chi connectivity index (χ2n) is 3.43. The van der Waals surface area contributed by atoms with Crippen LogP contribution in [0.4, 0.5) is 4.79 Å². The Balaban J connectivity index is 2.44. The van der Waals surface area contributed by atoms with Gasteiger partial charge in [0.25, 0.3) is 0 Å². The highest BCUT2D eigenvalue weighted by molar-refractivity contribution is 5.82. The van der Waals surface area contributed by atoms with E-state index in [2.05, 4.69) is 20.8 Å². The van der Waals surface area contributed by atoms with Gasteiger partial charge in [-0.3, -0.25) is 0 Å². The van der Waals surface area contributed by atoms with Gasteiger partial charge in [0.15, 0.2) is 11.9 Å². The van der Waals surface area contributed by atoms with Crippen LogP contribution in [0.5, 0.6) is 0 Å². The molecular formula is C9H15N5O4. The standard InChI is InChI=1S/C9H15N5O4/c1-2-14-5-11-13-7(14)3-10-9(18)12-6(4-15)8(16)17/h5-6,15H,2-4H2,1H3,(H,16,17)(H2,10,12,18)/t6-/m1/s1. The third kappa shape index (κ3) is 3.70. The maximum Gasteiger partial charge on any atom is 0.328 e. The Morgan fingerprint density at radius 2 is 2.28 bits per heavy atom. The van der Waals surface area contributed by atoms with Gasteiger partial charge in [0.1, 0.15) is 6.33 Å². The quantitative estimate of drug-likeness (QED) is 0.493. The summed E-state index contributed by atoms with van der Waals surface area (Å²) >= 11 is 0. The van der Waals surface area contributed by atoms with E-state index in [4.69, 9.17) is 10.2 Å². The van der Waals surface area contributed by atoms with E-state index in [-0.39, 0.29) is 6.54 Å². The summed E-state index contributed by atoms with van der Waals surface area (Å²) in [5.41, 5.74) is 0. The minimum atomic E-state index is -1.32. The number of nitrogens with zero attached hydrogens (tertiary/aromatic N) is 3. The molecule has 2 amide bonds. The molecule has 0 unspecified atom stereocenters. The van der Waals surface area contributed by atoms with Crippen LogP contribution in [0, 0.1) is 0 Å². The average Bonchev–Trinajstić information content (AvgIpc) is 2.80. The summed E-state index contributed by atoms with van der Waals surface area (Å²) in [6, 6.07) is -2.02. The molecule has 1 aromatic rings. The molecule has 0 aliphatic carbocycles. The fraction of sp³-hybridized carbons (Fsp3) is 0.556. The summed E-state index contributed by atoms with van der Waals surface area (Å²) < 4.78 is 1.74. The number of hydrogen-bond acceptors (Lipinski definition) is 5. The van der Waals surface area contributed by atoms with Gasteiger partial charge >= 0.3 is 12.0 Å². The molecule has 0 radical (unpaired) electrons. The Morgan fingerprint density at radius 3 is 2.83 bits per heavy atom. The molecule has 0 fully saturated rings. The lowest BCUT2D eigenvalue weighted by molar-refractivity contribution is -0.140. The summed E-state index contributed by atoms with van der Waals surface area (Å²) in [6.07, 6.45) is 1.53. The van der Waals surface area contributed by atoms with Crippen molar-refractivity contribution < 1.29 is 19.8 Å². The van der Waals surface area contributed by atoms with Crippen LogP contribution < -0.4 is 10.6 Å². The third-order valence-electron chi connectivity index (χ3n) is 2.23. The largest absolute Gasteiger partial charge is 0.480 e. The van der Waals surface area contributed by atoms with Crippen molar-refractivity contribution in [1.82, 2.24) is 25.4 Å². The predicted octanol–water partition coefficient (Wildman–Crippen LogP) is -1.46. The lowest BCUT2D eigenvalue weighted by Crippen LogP contribution is -2.47. The van der Waals surface area contributed by atoms with Gasteiger partial charge in [-0.15, -0.1) is 10.2 Å². The molecule has 0 spiro atoms. The lowest BCUT2D eigenvalue weighted by atomic mass is 10.3. The van der Waals surface area contributed by atoms with Gasteiger partial charge in [0.05, 0.1) is 13.2 Å². The van der Waals surface area contributed by atoms with Crippen LogP contribution in [-0.2, 0) is 17.9 Å². The lowest BCUT2D eigenvalue weighted by Gasteiger charge is -2.12. The van der Waals surface area contributed by atoms with Gasteiger partial charge in [-0.05, 0) is 6.92 Å². The second kappa shape index (κ2) is 6.55. The predicted molar refractivity (Wildman–Crippen MR) is 59.6 cm³/mol. The first-order chi connectivity index (χ1) is 8.58. The first kappa shape index (κ1) is 13.9. The number of carbonyl (C=O) groups excluding carboxylic acids is 1. The summed E-state index contributed by atoms with van der Waals surface area (Å²) in [6.45, 7) is 2.02. The monoisotopic (exact) mass is 257 g/mol. The number of amides is 2. The summed E-state index contributed by atoms with van der Waals surface area (Å²) in [5.74, 6) is -0.743. The van der Waals surface area contributed by atoms with Crippen molar-refractivity contribution in [1.29, 1.82) is 0 Å². The van der Waals surface area contributed by atoms with Crippen molar-refractivity contribution in [2.75, 3.05) is 6.61 Å². The van der Waals surface area contributed by atoms with Crippen LogP contribution in [0.15, 0.2) is 6.33 Å². The highest BCUT2D eigenvalue weighted by Crippen LogP contribution is 1.93. The number of aryl methyl sites for hydroxylation is 1. The number of aliphatic hydroxyl groups excluding tert-OH is 1. The summed E-state index contributed by atoms with van der Waals surface area (Å²) in [5, 5.41) is 29.4. The van der Waals surface area contributed by atoms with Gasteiger partial charge in [-0.2, -0.15) is 0 Å². The van der Waals surface area contributed by atoms with Crippen LogP contribution in [0.25, 0.3) is 0 Å². The number of hydrogen-bond donors (Lipinski definition) is 4. The van der Waals surface area contributed by atoms with E-state index >= 15 is 0 Å². The maximum atomic E-state index is 11.4. The normalized spacial score (nSPS) is 11.9. The van der Waals surface area contributed by atoms with Crippen LogP contribution >= 0.6 is 0 Å². The number of urea groups is 1. The molecule has 100 valence electrons. The number of carboxylic acids is 1. The van der Waals surface area contributed by atoms with Crippen LogP contribution in [0.3, 0.4) is 0 Å². The molecule has 0 bridgehead atoms. The van der Waals surface area contributed by atoms with Gasteiger partial charge < -0.3 is 25.4 Å². The molecule has 0 saturated carbocycles. The molecule has 1 atom stereocenters. The number of rotatable bonds is 6. The van der Waals surface area contributed by atoms with E-state index in [1.807, 2.05) is 6.92 Å². The van der Waals surface area contributed by atoms with Crippen molar-refractivity contribution in [3.63, 3.8) is 0 Å². The van der Waals surface area contributed by atoms with E-state index in [0.717, 1.165) is 0 Å². The molecule has 0 aliphatic heterocycles. The topological polar surface area (TPSA) is 129 Å². The van der Waals surface area contributed by atoms with Gasteiger partial charge in [0.2, 0.25) is 0 Å². The van der Waals surface area contributed by atoms with E-state index < -0.39 is 24.6 Å². The zero-order chi connectivity index (χ0) is 13.5. The van der Waals surface area contributed by atoms with Crippen LogP contribution in [-0.4, -0.2) is 49.6 Å². The molecule has 9 heteroatoms. The molecule has 4 N–H and O–H groups in total. The van der Waals surface area contributed by atoms with Crippen molar-refractivity contribution in [3.05, 3.63) is 12.2 Å². The number of carbonyl (C=O) groups is 2. The highest BCUT2D eigenvalue weighted by atomic mass is 16.4. The van der Waals surface area contributed by atoms with Crippen molar-refractivity contribution >= 4 is 12.0 Å². The smallest absolute Gasteiger partial charge is 0.328 e. The number of aromatic nitrogens is 3. The van der Waals surface area contributed by atoms with Gasteiger partial charge in [0, 0.05) is 6.54 Å². The fourth-order valence-corrected chi connectivity index (χ4v) is 1.23. The maximum absolute atomic E-state index is 11.4. The molecule has 0 aliphatic rings. The fourth-order valence-electron chi connectivity index (χ4n) is 1.23. The van der Waals surface area contributed by atoms with Crippen LogP contribution in [0.1, 0.15) is 12.7 Å². The Hall–Kier alpha value is -2.16. The number of aliphatic carboxylic acids is 1. The molecule has 9 nitrogen and oxygen atoms in total. The first-order valence-electron chi connectivity index (χ1n) is 5.33. The highest BCUT2D eigenvalue weighted by Gasteiger charge is 2.18.